The van der Waals surface area contributed by atoms with Gasteiger partial charge in [-0.1, -0.05) is 12.1 Å². The Morgan fingerprint density at radius 3 is 2.32 bits per heavy atom. The van der Waals surface area contributed by atoms with Gasteiger partial charge >= 0.3 is 6.18 Å². The van der Waals surface area contributed by atoms with E-state index in [1.165, 1.54) is 12.1 Å². The van der Waals surface area contributed by atoms with E-state index in [4.69, 9.17) is 11.5 Å². The Balaban J connectivity index is 1.99. The number of nitriles is 1. The number of benzene rings is 1. The Morgan fingerprint density at radius 1 is 1.08 bits per heavy atom. The van der Waals surface area contributed by atoms with Crippen LogP contribution in [0.25, 0.3) is 16.9 Å². The van der Waals surface area contributed by atoms with Gasteiger partial charge in [-0.05, 0) is 12.1 Å². The number of hydrogen-bond acceptors (Lipinski definition) is 6. The molecule has 126 valence electrons. The fraction of sp³-hybridized carbons (Fsp3) is 0.0667. The summed E-state index contributed by atoms with van der Waals surface area (Å²) in [6, 6.07) is 8.14. The van der Waals surface area contributed by atoms with Gasteiger partial charge in [0.25, 0.3) is 0 Å². The lowest BCUT2D eigenvalue weighted by Crippen LogP contribution is -2.05. The summed E-state index contributed by atoms with van der Waals surface area (Å²) in [6.07, 6.45) is -2.83. The molecule has 1 aromatic carbocycles. The minimum atomic E-state index is -4.46. The van der Waals surface area contributed by atoms with Crippen LogP contribution in [0.4, 0.5) is 24.9 Å². The summed E-state index contributed by atoms with van der Waals surface area (Å²) in [7, 11) is 0. The van der Waals surface area contributed by atoms with E-state index in [1.807, 2.05) is 6.07 Å². The number of rotatable bonds is 2. The van der Waals surface area contributed by atoms with Crippen LogP contribution < -0.4 is 11.5 Å². The molecule has 0 amide bonds. The van der Waals surface area contributed by atoms with E-state index in [-0.39, 0.29) is 23.0 Å². The Bertz CT molecular complexity index is 968. The fourth-order valence-electron chi connectivity index (χ4n) is 2.20. The zero-order chi connectivity index (χ0) is 18.2. The van der Waals surface area contributed by atoms with Crippen molar-refractivity contribution in [2.45, 2.75) is 6.18 Å². The van der Waals surface area contributed by atoms with Gasteiger partial charge in [-0.2, -0.15) is 28.5 Å². The highest BCUT2D eigenvalue weighted by atomic mass is 19.4. The minimum absolute atomic E-state index is 0.0454. The molecule has 3 rings (SSSR count). The summed E-state index contributed by atoms with van der Waals surface area (Å²) in [4.78, 5) is 7.73. The number of nitrogens with two attached hydrogens (primary N) is 2. The number of aromatic nitrogens is 4. The maximum atomic E-state index is 12.6. The second-order valence-corrected chi connectivity index (χ2v) is 5.02. The first-order valence-corrected chi connectivity index (χ1v) is 6.85. The highest BCUT2D eigenvalue weighted by Gasteiger charge is 2.32. The van der Waals surface area contributed by atoms with Gasteiger partial charge in [0.2, 0.25) is 5.95 Å². The zero-order valence-electron chi connectivity index (χ0n) is 12.5. The van der Waals surface area contributed by atoms with Gasteiger partial charge in [-0.15, -0.1) is 0 Å². The molecule has 0 radical (unpaired) electrons. The summed E-state index contributed by atoms with van der Waals surface area (Å²) < 4.78 is 39.0. The van der Waals surface area contributed by atoms with Crippen LogP contribution in [-0.2, 0) is 6.18 Å². The van der Waals surface area contributed by atoms with Crippen molar-refractivity contribution < 1.29 is 13.2 Å². The van der Waals surface area contributed by atoms with Crippen LogP contribution in [0.3, 0.4) is 0 Å². The number of nitrogens with zero attached hydrogens (tertiary/aromatic N) is 5. The van der Waals surface area contributed by atoms with Crippen molar-refractivity contribution in [1.29, 1.82) is 5.26 Å². The maximum absolute atomic E-state index is 12.6. The highest BCUT2D eigenvalue weighted by molar-refractivity contribution is 5.73. The minimum Gasteiger partial charge on any atom is -0.382 e. The molecule has 0 saturated heterocycles. The summed E-state index contributed by atoms with van der Waals surface area (Å²) in [5.41, 5.74) is 11.6. The first kappa shape index (κ1) is 16.3. The number of halogens is 3. The molecule has 0 aliphatic rings. The summed E-state index contributed by atoms with van der Waals surface area (Å²) in [5.74, 6) is -0.131. The van der Waals surface area contributed by atoms with Crippen LogP contribution in [0.1, 0.15) is 11.1 Å². The van der Waals surface area contributed by atoms with E-state index < -0.39 is 11.7 Å². The first-order valence-electron chi connectivity index (χ1n) is 6.85. The zero-order valence-corrected chi connectivity index (χ0v) is 12.5. The molecule has 0 fully saturated rings. The maximum Gasteiger partial charge on any atom is 0.419 e. The van der Waals surface area contributed by atoms with Crippen LogP contribution in [0.15, 0.2) is 36.7 Å². The van der Waals surface area contributed by atoms with E-state index in [0.717, 1.165) is 17.1 Å². The van der Waals surface area contributed by atoms with Gasteiger partial charge in [0.1, 0.15) is 17.5 Å². The van der Waals surface area contributed by atoms with E-state index >= 15 is 0 Å². The number of anilines is 2. The SMILES string of the molecule is N#Cc1c(N)nc(N)nc1-c1ccc(-n2cc(C(F)(F)F)cn2)cc1. The van der Waals surface area contributed by atoms with E-state index in [2.05, 4.69) is 15.1 Å². The molecule has 10 heteroatoms. The lowest BCUT2D eigenvalue weighted by molar-refractivity contribution is -0.137. The standard InChI is InChI=1S/C15H10F3N7/c16-15(17,18)9-6-22-25(7-9)10-3-1-8(2-4-10)12-11(5-19)13(20)24-14(21)23-12/h1-4,6-7H,(H4,20,21,23,24). The van der Waals surface area contributed by atoms with Crippen molar-refractivity contribution in [3.8, 4) is 23.0 Å². The molecule has 25 heavy (non-hydrogen) atoms. The van der Waals surface area contributed by atoms with Gasteiger partial charge in [0, 0.05) is 11.8 Å². The quantitative estimate of drug-likeness (QED) is 0.736. The molecule has 3 aromatic rings. The summed E-state index contributed by atoms with van der Waals surface area (Å²) >= 11 is 0. The van der Waals surface area contributed by atoms with E-state index in [0.29, 0.717) is 11.3 Å². The molecule has 0 aliphatic heterocycles. The Labute approximate surface area is 139 Å². The predicted molar refractivity (Wildman–Crippen MR) is 83.1 cm³/mol. The predicted octanol–water partition coefficient (Wildman–Crippen LogP) is 2.38. The van der Waals surface area contributed by atoms with E-state index in [1.54, 1.807) is 12.1 Å². The lowest BCUT2D eigenvalue weighted by atomic mass is 10.1. The van der Waals surface area contributed by atoms with E-state index in [9.17, 15) is 18.4 Å². The largest absolute Gasteiger partial charge is 0.419 e. The molecule has 0 bridgehead atoms. The fourth-order valence-corrected chi connectivity index (χ4v) is 2.20. The molecule has 0 atom stereocenters. The molecule has 4 N–H and O–H groups in total. The Kier molecular flexibility index (Phi) is 3.76. The summed E-state index contributed by atoms with van der Waals surface area (Å²) in [6.45, 7) is 0. The highest BCUT2D eigenvalue weighted by Crippen LogP contribution is 2.30. The van der Waals surface area contributed by atoms with Gasteiger partial charge in [-0.25, -0.2) is 9.67 Å². The van der Waals surface area contributed by atoms with Crippen LogP contribution in [0, 0.1) is 11.3 Å². The number of alkyl halides is 3. The average molecular weight is 345 g/mol. The molecule has 7 nitrogen and oxygen atoms in total. The third-order valence-electron chi connectivity index (χ3n) is 3.38. The lowest BCUT2D eigenvalue weighted by Gasteiger charge is -2.08. The smallest absolute Gasteiger partial charge is 0.382 e. The average Bonchev–Trinajstić information content (AvgIpc) is 3.04. The van der Waals surface area contributed by atoms with Crippen LogP contribution >= 0.6 is 0 Å². The van der Waals surface area contributed by atoms with Crippen LogP contribution in [0.5, 0.6) is 0 Å². The number of hydrogen-bond donors (Lipinski definition) is 2. The Hall–Kier alpha value is -3.61. The van der Waals surface area contributed by atoms with Crippen molar-refractivity contribution in [3.05, 3.63) is 47.8 Å². The number of nitrogen functional groups attached to an aromatic ring is 2. The molecule has 0 aliphatic carbocycles. The molecule has 0 spiro atoms. The second-order valence-electron chi connectivity index (χ2n) is 5.02. The third-order valence-corrected chi connectivity index (χ3v) is 3.38. The molecule has 0 saturated carbocycles. The van der Waals surface area contributed by atoms with Crippen LogP contribution in [-0.4, -0.2) is 19.7 Å². The topological polar surface area (TPSA) is 119 Å². The van der Waals surface area contributed by atoms with Gasteiger partial charge in [0.05, 0.1) is 23.1 Å². The van der Waals surface area contributed by atoms with Gasteiger partial charge in [-0.3, -0.25) is 0 Å². The summed E-state index contributed by atoms with van der Waals surface area (Å²) in [5, 5.41) is 12.9. The molecule has 2 aromatic heterocycles. The second kappa shape index (κ2) is 5.79. The van der Waals surface area contributed by atoms with Crippen molar-refractivity contribution in [2.75, 3.05) is 11.5 Å². The van der Waals surface area contributed by atoms with Crippen molar-refractivity contribution in [1.82, 2.24) is 19.7 Å². The monoisotopic (exact) mass is 345 g/mol. The Morgan fingerprint density at radius 2 is 1.76 bits per heavy atom. The van der Waals surface area contributed by atoms with Crippen molar-refractivity contribution >= 4 is 11.8 Å². The van der Waals surface area contributed by atoms with Crippen LogP contribution in [0.2, 0.25) is 0 Å². The van der Waals surface area contributed by atoms with Gasteiger partial charge < -0.3 is 11.5 Å². The van der Waals surface area contributed by atoms with Crippen molar-refractivity contribution in [3.63, 3.8) is 0 Å². The third kappa shape index (κ3) is 3.07. The normalized spacial score (nSPS) is 11.3. The van der Waals surface area contributed by atoms with Crippen molar-refractivity contribution in [2.24, 2.45) is 0 Å². The molecular formula is C15H10F3N7. The molecular weight excluding hydrogens is 335 g/mol. The first-order chi connectivity index (χ1) is 11.8. The molecule has 2 heterocycles. The molecule has 0 unspecified atom stereocenters. The van der Waals surface area contributed by atoms with Gasteiger partial charge in [0.15, 0.2) is 0 Å².